The standard InChI is InChI=1S/C10H13NS/c1-4-6-9-10(7-5-2)12-8(3)11-9/h4-7H,1-3H3. The minimum atomic E-state index is 1.08. The van der Waals surface area contributed by atoms with Crippen molar-refractivity contribution < 1.29 is 0 Å². The van der Waals surface area contributed by atoms with Gasteiger partial charge in [0.15, 0.2) is 0 Å². The van der Waals surface area contributed by atoms with Gasteiger partial charge in [-0.25, -0.2) is 4.98 Å². The van der Waals surface area contributed by atoms with Gasteiger partial charge in [0.05, 0.1) is 15.6 Å². The van der Waals surface area contributed by atoms with Crippen molar-refractivity contribution in [3.8, 4) is 0 Å². The summed E-state index contributed by atoms with van der Waals surface area (Å²) in [5.74, 6) is 0. The molecule has 0 aliphatic carbocycles. The van der Waals surface area contributed by atoms with Crippen LogP contribution in [-0.2, 0) is 0 Å². The van der Waals surface area contributed by atoms with E-state index in [1.165, 1.54) is 4.88 Å². The number of aromatic nitrogens is 1. The van der Waals surface area contributed by atoms with E-state index >= 15 is 0 Å². The summed E-state index contributed by atoms with van der Waals surface area (Å²) in [5.41, 5.74) is 1.08. The summed E-state index contributed by atoms with van der Waals surface area (Å²) < 4.78 is 0. The van der Waals surface area contributed by atoms with E-state index in [1.54, 1.807) is 11.3 Å². The van der Waals surface area contributed by atoms with Gasteiger partial charge in [-0.2, -0.15) is 0 Å². The lowest BCUT2D eigenvalue weighted by molar-refractivity contribution is 1.27. The highest BCUT2D eigenvalue weighted by atomic mass is 32.1. The predicted molar refractivity (Wildman–Crippen MR) is 56.3 cm³/mol. The Balaban J connectivity index is 3.07. The average molecular weight is 179 g/mol. The zero-order chi connectivity index (χ0) is 8.97. The number of allylic oxidation sites excluding steroid dienone is 2. The van der Waals surface area contributed by atoms with E-state index < -0.39 is 0 Å². The summed E-state index contributed by atoms with van der Waals surface area (Å²) in [6.45, 7) is 6.06. The molecule has 0 saturated carbocycles. The first-order valence-corrected chi connectivity index (χ1v) is 4.82. The van der Waals surface area contributed by atoms with E-state index in [-0.39, 0.29) is 0 Å². The lowest BCUT2D eigenvalue weighted by atomic mass is 10.3. The fraction of sp³-hybridized carbons (Fsp3) is 0.300. The van der Waals surface area contributed by atoms with Crippen LogP contribution in [0.3, 0.4) is 0 Å². The number of rotatable bonds is 2. The van der Waals surface area contributed by atoms with E-state index in [2.05, 4.69) is 11.1 Å². The highest BCUT2D eigenvalue weighted by molar-refractivity contribution is 7.12. The molecule has 0 bridgehead atoms. The smallest absolute Gasteiger partial charge is 0.0907 e. The molecule has 0 atom stereocenters. The second-order valence-corrected chi connectivity index (χ2v) is 3.72. The first-order valence-electron chi connectivity index (χ1n) is 4.00. The molecule has 0 amide bonds. The maximum atomic E-state index is 4.40. The van der Waals surface area contributed by atoms with Crippen LogP contribution in [0.15, 0.2) is 12.2 Å². The lowest BCUT2D eigenvalue weighted by Gasteiger charge is -1.86. The minimum absolute atomic E-state index is 1.08. The van der Waals surface area contributed by atoms with E-state index in [9.17, 15) is 0 Å². The first-order chi connectivity index (χ1) is 5.77. The van der Waals surface area contributed by atoms with E-state index in [0.717, 1.165) is 10.7 Å². The largest absolute Gasteiger partial charge is 0.242 e. The Kier molecular flexibility index (Phi) is 3.23. The molecule has 64 valence electrons. The second-order valence-electron chi connectivity index (χ2n) is 2.48. The van der Waals surface area contributed by atoms with Gasteiger partial charge in [0.25, 0.3) is 0 Å². The summed E-state index contributed by atoms with van der Waals surface area (Å²) in [6.07, 6.45) is 8.19. The Morgan fingerprint density at radius 2 is 1.83 bits per heavy atom. The fourth-order valence-electron chi connectivity index (χ4n) is 1.01. The Hall–Kier alpha value is -0.890. The van der Waals surface area contributed by atoms with Crippen LogP contribution < -0.4 is 0 Å². The van der Waals surface area contributed by atoms with Crippen molar-refractivity contribution >= 4 is 23.5 Å². The van der Waals surface area contributed by atoms with Gasteiger partial charge in [0, 0.05) is 0 Å². The number of hydrogen-bond acceptors (Lipinski definition) is 2. The molecule has 0 unspecified atom stereocenters. The number of hydrogen-bond donors (Lipinski definition) is 0. The van der Waals surface area contributed by atoms with Crippen molar-refractivity contribution in [2.24, 2.45) is 0 Å². The Morgan fingerprint density at radius 1 is 1.17 bits per heavy atom. The molecule has 12 heavy (non-hydrogen) atoms. The zero-order valence-electron chi connectivity index (χ0n) is 7.66. The number of nitrogens with zero attached hydrogens (tertiary/aromatic N) is 1. The molecule has 2 heteroatoms. The molecular formula is C10H13NS. The van der Waals surface area contributed by atoms with Gasteiger partial charge in [0.2, 0.25) is 0 Å². The van der Waals surface area contributed by atoms with E-state index in [4.69, 9.17) is 0 Å². The molecule has 0 spiro atoms. The van der Waals surface area contributed by atoms with Crippen molar-refractivity contribution in [3.63, 3.8) is 0 Å². The van der Waals surface area contributed by atoms with Crippen molar-refractivity contribution in [1.82, 2.24) is 4.98 Å². The van der Waals surface area contributed by atoms with Crippen LogP contribution in [0.4, 0.5) is 0 Å². The van der Waals surface area contributed by atoms with Crippen LogP contribution in [0.25, 0.3) is 12.2 Å². The summed E-state index contributed by atoms with van der Waals surface area (Å²) in [5, 5.41) is 1.12. The van der Waals surface area contributed by atoms with Crippen LogP contribution >= 0.6 is 11.3 Å². The van der Waals surface area contributed by atoms with Crippen LogP contribution in [0, 0.1) is 6.92 Å². The van der Waals surface area contributed by atoms with Crippen molar-refractivity contribution in [2.45, 2.75) is 20.8 Å². The molecule has 0 N–H and O–H groups in total. The predicted octanol–water partition coefficient (Wildman–Crippen LogP) is 3.52. The van der Waals surface area contributed by atoms with Crippen molar-refractivity contribution in [1.29, 1.82) is 0 Å². The third kappa shape index (κ3) is 2.05. The van der Waals surface area contributed by atoms with Gasteiger partial charge >= 0.3 is 0 Å². The molecule has 0 saturated heterocycles. The normalized spacial score (nSPS) is 11.9. The highest BCUT2D eigenvalue weighted by Crippen LogP contribution is 2.20. The lowest BCUT2D eigenvalue weighted by Crippen LogP contribution is -1.74. The molecule has 0 aliphatic rings. The summed E-state index contributed by atoms with van der Waals surface area (Å²) in [7, 11) is 0. The van der Waals surface area contributed by atoms with Crippen LogP contribution in [0.2, 0.25) is 0 Å². The molecule has 1 nitrogen and oxygen atoms in total. The van der Waals surface area contributed by atoms with E-state index in [0.29, 0.717) is 0 Å². The summed E-state index contributed by atoms with van der Waals surface area (Å²) in [6, 6.07) is 0. The third-order valence-electron chi connectivity index (χ3n) is 1.43. The molecular weight excluding hydrogens is 166 g/mol. The van der Waals surface area contributed by atoms with Crippen molar-refractivity contribution in [3.05, 3.63) is 27.7 Å². The first kappa shape index (κ1) is 9.20. The molecule has 0 fully saturated rings. The second kappa shape index (κ2) is 4.21. The number of thiazole rings is 1. The van der Waals surface area contributed by atoms with Gasteiger partial charge in [-0.05, 0) is 32.9 Å². The molecule has 0 aromatic carbocycles. The molecule has 1 aromatic heterocycles. The molecule has 1 aromatic rings. The maximum Gasteiger partial charge on any atom is 0.0907 e. The summed E-state index contributed by atoms with van der Waals surface area (Å²) >= 11 is 1.73. The van der Waals surface area contributed by atoms with Crippen LogP contribution in [0.1, 0.15) is 29.4 Å². The van der Waals surface area contributed by atoms with Gasteiger partial charge in [-0.15, -0.1) is 11.3 Å². The van der Waals surface area contributed by atoms with Gasteiger partial charge in [-0.1, -0.05) is 12.2 Å². The molecule has 1 heterocycles. The van der Waals surface area contributed by atoms with Gasteiger partial charge in [-0.3, -0.25) is 0 Å². The Labute approximate surface area is 77.5 Å². The zero-order valence-corrected chi connectivity index (χ0v) is 8.48. The molecule has 0 radical (unpaired) electrons. The quantitative estimate of drug-likeness (QED) is 0.677. The molecule has 1 rings (SSSR count). The minimum Gasteiger partial charge on any atom is -0.242 e. The topological polar surface area (TPSA) is 12.9 Å². The summed E-state index contributed by atoms with van der Waals surface area (Å²) in [4.78, 5) is 5.64. The van der Waals surface area contributed by atoms with Gasteiger partial charge < -0.3 is 0 Å². The average Bonchev–Trinajstić information content (AvgIpc) is 2.33. The monoisotopic (exact) mass is 179 g/mol. The third-order valence-corrected chi connectivity index (χ3v) is 2.38. The Morgan fingerprint density at radius 3 is 2.42 bits per heavy atom. The van der Waals surface area contributed by atoms with Gasteiger partial charge in [0.1, 0.15) is 0 Å². The van der Waals surface area contributed by atoms with E-state index in [1.807, 2.05) is 39.0 Å². The maximum absolute atomic E-state index is 4.40. The fourth-order valence-corrected chi connectivity index (χ4v) is 1.89. The molecule has 0 aliphatic heterocycles. The SMILES string of the molecule is CC=Cc1nc(C)sc1C=CC. The van der Waals surface area contributed by atoms with Crippen LogP contribution in [-0.4, -0.2) is 4.98 Å². The van der Waals surface area contributed by atoms with Crippen LogP contribution in [0.5, 0.6) is 0 Å². The highest BCUT2D eigenvalue weighted by Gasteiger charge is 2.01. The number of aryl methyl sites for hydroxylation is 1. The Bertz CT molecular complexity index is 278. The van der Waals surface area contributed by atoms with Crippen molar-refractivity contribution in [2.75, 3.05) is 0 Å².